The van der Waals surface area contributed by atoms with E-state index in [0.717, 1.165) is 25.0 Å². The van der Waals surface area contributed by atoms with Gasteiger partial charge in [0.1, 0.15) is 12.4 Å². The highest BCUT2D eigenvalue weighted by Crippen LogP contribution is 2.25. The van der Waals surface area contributed by atoms with Gasteiger partial charge in [-0.15, -0.1) is 0 Å². The van der Waals surface area contributed by atoms with Crippen molar-refractivity contribution in [1.29, 1.82) is 0 Å². The van der Waals surface area contributed by atoms with Crippen molar-refractivity contribution in [3.8, 4) is 5.75 Å². The number of methoxy groups -OCH3 is 1. The van der Waals surface area contributed by atoms with Crippen LogP contribution in [0.25, 0.3) is 0 Å². The second-order valence-electron chi connectivity index (χ2n) is 4.45. The molecule has 0 saturated heterocycles. The Morgan fingerprint density at radius 3 is 3.06 bits per heavy atom. The van der Waals surface area contributed by atoms with Gasteiger partial charge in [0.15, 0.2) is 0 Å². The molecule has 1 aliphatic carbocycles. The standard InChI is InChI=1S/C13H18N2O3/c1-17-12-5-3-9-2-4-11(6-10(9)7-12)15-18-8-13(14)16/h3,5,7,11,15H,2,4,6,8H2,1H3,(H2,14,16). The number of primary amides is 1. The van der Waals surface area contributed by atoms with Gasteiger partial charge in [-0.25, -0.2) is 0 Å². The van der Waals surface area contributed by atoms with Gasteiger partial charge in [-0.05, 0) is 42.5 Å². The lowest BCUT2D eigenvalue weighted by atomic mass is 9.88. The normalized spacial score (nSPS) is 18.2. The Morgan fingerprint density at radius 2 is 2.33 bits per heavy atom. The lowest BCUT2D eigenvalue weighted by Gasteiger charge is -2.25. The molecular weight excluding hydrogens is 232 g/mol. The predicted molar refractivity (Wildman–Crippen MR) is 67.1 cm³/mol. The topological polar surface area (TPSA) is 73.6 Å². The molecule has 0 aliphatic heterocycles. The zero-order valence-electron chi connectivity index (χ0n) is 10.4. The molecule has 1 unspecified atom stereocenters. The van der Waals surface area contributed by atoms with Crippen LogP contribution in [0.1, 0.15) is 17.5 Å². The number of carbonyl (C=O) groups is 1. The SMILES string of the molecule is COc1ccc2c(c1)CC(NOCC(N)=O)CC2. The summed E-state index contributed by atoms with van der Waals surface area (Å²) >= 11 is 0. The molecule has 1 amide bonds. The van der Waals surface area contributed by atoms with Crippen LogP contribution in [0.3, 0.4) is 0 Å². The van der Waals surface area contributed by atoms with E-state index in [4.69, 9.17) is 15.3 Å². The van der Waals surface area contributed by atoms with Crippen molar-refractivity contribution < 1.29 is 14.4 Å². The number of hydrogen-bond donors (Lipinski definition) is 2. The van der Waals surface area contributed by atoms with E-state index in [2.05, 4.69) is 17.6 Å². The lowest BCUT2D eigenvalue weighted by Crippen LogP contribution is -2.36. The lowest BCUT2D eigenvalue weighted by molar-refractivity contribution is -0.126. The Balaban J connectivity index is 1.93. The van der Waals surface area contributed by atoms with Crippen LogP contribution in [0.2, 0.25) is 0 Å². The van der Waals surface area contributed by atoms with E-state index in [1.807, 2.05) is 6.07 Å². The van der Waals surface area contributed by atoms with Gasteiger partial charge in [0, 0.05) is 6.04 Å². The van der Waals surface area contributed by atoms with Gasteiger partial charge in [-0.3, -0.25) is 9.63 Å². The van der Waals surface area contributed by atoms with Gasteiger partial charge >= 0.3 is 0 Å². The van der Waals surface area contributed by atoms with Gasteiger partial charge in [0.05, 0.1) is 7.11 Å². The fourth-order valence-corrected chi connectivity index (χ4v) is 2.19. The molecule has 5 nitrogen and oxygen atoms in total. The van der Waals surface area contributed by atoms with E-state index in [1.54, 1.807) is 7.11 Å². The first-order valence-electron chi connectivity index (χ1n) is 6.00. The number of aryl methyl sites for hydroxylation is 1. The second-order valence-corrected chi connectivity index (χ2v) is 4.45. The molecular formula is C13H18N2O3. The molecule has 18 heavy (non-hydrogen) atoms. The summed E-state index contributed by atoms with van der Waals surface area (Å²) in [6.45, 7) is -0.0958. The van der Waals surface area contributed by atoms with Crippen molar-refractivity contribution in [1.82, 2.24) is 5.48 Å². The molecule has 98 valence electrons. The molecule has 1 atom stereocenters. The van der Waals surface area contributed by atoms with Crippen LogP contribution in [-0.4, -0.2) is 25.7 Å². The van der Waals surface area contributed by atoms with Crippen molar-refractivity contribution in [3.63, 3.8) is 0 Å². The monoisotopic (exact) mass is 250 g/mol. The summed E-state index contributed by atoms with van der Waals surface area (Å²) in [4.78, 5) is 15.6. The van der Waals surface area contributed by atoms with Crippen molar-refractivity contribution >= 4 is 5.91 Å². The summed E-state index contributed by atoms with van der Waals surface area (Å²) in [6.07, 6.45) is 2.85. The molecule has 1 aromatic carbocycles. The maximum Gasteiger partial charge on any atom is 0.245 e. The maximum absolute atomic E-state index is 10.6. The molecule has 0 spiro atoms. The first-order chi connectivity index (χ1) is 8.69. The Morgan fingerprint density at radius 1 is 1.50 bits per heavy atom. The molecule has 2 rings (SSSR count). The van der Waals surface area contributed by atoms with Crippen LogP contribution in [-0.2, 0) is 22.5 Å². The van der Waals surface area contributed by atoms with Gasteiger partial charge in [-0.1, -0.05) is 6.07 Å². The number of amides is 1. The minimum atomic E-state index is -0.472. The summed E-state index contributed by atoms with van der Waals surface area (Å²) in [5.74, 6) is 0.396. The van der Waals surface area contributed by atoms with Crippen molar-refractivity contribution in [3.05, 3.63) is 29.3 Å². The van der Waals surface area contributed by atoms with E-state index in [0.29, 0.717) is 0 Å². The molecule has 0 radical (unpaired) electrons. The first kappa shape index (κ1) is 12.9. The van der Waals surface area contributed by atoms with E-state index < -0.39 is 5.91 Å². The highest BCUT2D eigenvalue weighted by atomic mass is 16.6. The highest BCUT2D eigenvalue weighted by molar-refractivity contribution is 5.74. The summed E-state index contributed by atoms with van der Waals surface area (Å²) in [6, 6.07) is 6.35. The highest BCUT2D eigenvalue weighted by Gasteiger charge is 2.19. The van der Waals surface area contributed by atoms with Crippen molar-refractivity contribution in [2.24, 2.45) is 5.73 Å². The Hall–Kier alpha value is -1.59. The van der Waals surface area contributed by atoms with Crippen LogP contribution >= 0.6 is 0 Å². The molecule has 0 aromatic heterocycles. The maximum atomic E-state index is 10.6. The zero-order chi connectivity index (χ0) is 13.0. The molecule has 0 fully saturated rings. The Bertz CT molecular complexity index is 434. The molecule has 1 aliphatic rings. The zero-order valence-corrected chi connectivity index (χ0v) is 10.4. The summed E-state index contributed by atoms with van der Waals surface area (Å²) < 4.78 is 5.22. The largest absolute Gasteiger partial charge is 0.497 e. The fraction of sp³-hybridized carbons (Fsp3) is 0.462. The first-order valence-corrected chi connectivity index (χ1v) is 6.00. The predicted octanol–water partition coefficient (Wildman–Crippen LogP) is 0.559. The van der Waals surface area contributed by atoms with E-state index in [-0.39, 0.29) is 12.6 Å². The van der Waals surface area contributed by atoms with Crippen LogP contribution in [0.15, 0.2) is 18.2 Å². The van der Waals surface area contributed by atoms with E-state index in [1.165, 1.54) is 11.1 Å². The van der Waals surface area contributed by atoms with Gasteiger partial charge in [-0.2, -0.15) is 5.48 Å². The number of hydroxylamine groups is 1. The summed E-state index contributed by atoms with van der Waals surface area (Å²) in [7, 11) is 1.66. The average molecular weight is 250 g/mol. The number of fused-ring (bicyclic) bond motifs is 1. The summed E-state index contributed by atoms with van der Waals surface area (Å²) in [5.41, 5.74) is 10.5. The third kappa shape index (κ3) is 3.21. The Kier molecular flexibility index (Phi) is 4.17. The molecule has 1 aromatic rings. The molecule has 0 bridgehead atoms. The molecule has 0 saturated carbocycles. The second kappa shape index (κ2) is 5.84. The van der Waals surface area contributed by atoms with Gasteiger partial charge < -0.3 is 10.5 Å². The van der Waals surface area contributed by atoms with Crippen molar-refractivity contribution in [2.75, 3.05) is 13.7 Å². The van der Waals surface area contributed by atoms with E-state index in [9.17, 15) is 4.79 Å². The summed E-state index contributed by atoms with van der Waals surface area (Å²) in [5, 5.41) is 0. The molecule has 3 N–H and O–H groups in total. The van der Waals surface area contributed by atoms with Crippen molar-refractivity contribution in [2.45, 2.75) is 25.3 Å². The van der Waals surface area contributed by atoms with Gasteiger partial charge in [0.2, 0.25) is 5.91 Å². The third-order valence-corrected chi connectivity index (χ3v) is 3.11. The number of nitrogens with one attached hydrogen (secondary N) is 1. The van der Waals surface area contributed by atoms with Crippen LogP contribution in [0.4, 0.5) is 0 Å². The third-order valence-electron chi connectivity index (χ3n) is 3.11. The van der Waals surface area contributed by atoms with E-state index >= 15 is 0 Å². The van der Waals surface area contributed by atoms with Crippen LogP contribution < -0.4 is 16.0 Å². The number of rotatable bonds is 5. The number of carbonyl (C=O) groups excluding carboxylic acids is 1. The minimum Gasteiger partial charge on any atom is -0.497 e. The molecule has 5 heteroatoms. The quantitative estimate of drug-likeness (QED) is 0.749. The number of ether oxygens (including phenoxy) is 1. The van der Waals surface area contributed by atoms with Crippen LogP contribution in [0, 0.1) is 0 Å². The fourth-order valence-electron chi connectivity index (χ4n) is 2.19. The Labute approximate surface area is 106 Å². The minimum absolute atomic E-state index is 0.0958. The smallest absolute Gasteiger partial charge is 0.245 e. The number of nitrogens with two attached hydrogens (primary N) is 1. The average Bonchev–Trinajstić information content (AvgIpc) is 2.37. The molecule has 0 heterocycles. The van der Waals surface area contributed by atoms with Gasteiger partial charge in [0.25, 0.3) is 0 Å². The number of hydrogen-bond acceptors (Lipinski definition) is 4. The number of benzene rings is 1. The van der Waals surface area contributed by atoms with Crippen LogP contribution in [0.5, 0.6) is 5.75 Å².